The minimum absolute atomic E-state index is 0.0612. The first kappa shape index (κ1) is 20.1. The molecular formula is C17H17N3O6S. The second kappa shape index (κ2) is 8.92. The molecule has 0 saturated heterocycles. The van der Waals surface area contributed by atoms with Gasteiger partial charge < -0.3 is 4.74 Å². The molecule has 2 N–H and O–H groups in total. The number of carbonyl (C=O) groups is 1. The van der Waals surface area contributed by atoms with E-state index in [2.05, 4.69) is 0 Å². The molecular weight excluding hydrogens is 374 g/mol. The van der Waals surface area contributed by atoms with Gasteiger partial charge in [0, 0.05) is 12.1 Å². The maximum atomic E-state index is 12.1. The molecule has 0 saturated carbocycles. The van der Waals surface area contributed by atoms with Crippen molar-refractivity contribution in [3.05, 3.63) is 70.3 Å². The molecule has 2 aromatic rings. The van der Waals surface area contributed by atoms with E-state index in [0.717, 1.165) is 6.08 Å². The number of amides is 1. The number of hydrogen-bond donors (Lipinski definition) is 2. The van der Waals surface area contributed by atoms with Crippen LogP contribution < -0.4 is 15.0 Å². The zero-order valence-electron chi connectivity index (χ0n) is 14.3. The normalized spacial score (nSPS) is 11.3. The van der Waals surface area contributed by atoms with E-state index in [1.807, 2.05) is 10.3 Å². The summed E-state index contributed by atoms with van der Waals surface area (Å²) in [6.07, 6.45) is 2.21. The van der Waals surface area contributed by atoms with Crippen LogP contribution in [0.4, 0.5) is 5.69 Å². The first-order valence-corrected chi connectivity index (χ1v) is 9.28. The highest BCUT2D eigenvalue weighted by atomic mass is 32.2. The fourth-order valence-corrected chi connectivity index (χ4v) is 2.91. The van der Waals surface area contributed by atoms with Crippen LogP contribution in [-0.4, -0.2) is 25.9 Å². The number of nitro benzene ring substituents is 1. The zero-order valence-corrected chi connectivity index (χ0v) is 15.1. The monoisotopic (exact) mass is 391 g/mol. The van der Waals surface area contributed by atoms with Gasteiger partial charge >= 0.3 is 0 Å². The van der Waals surface area contributed by atoms with E-state index in [1.54, 1.807) is 13.0 Å². The summed E-state index contributed by atoms with van der Waals surface area (Å²) in [5, 5.41) is 10.9. The number of carbonyl (C=O) groups excluding carboxylic acids is 1. The van der Waals surface area contributed by atoms with Crippen molar-refractivity contribution < 1.29 is 22.9 Å². The van der Waals surface area contributed by atoms with Gasteiger partial charge in [0.2, 0.25) is 0 Å². The second-order valence-corrected chi connectivity index (χ2v) is 6.83. The molecule has 1 amide bonds. The number of hydrogen-bond acceptors (Lipinski definition) is 6. The van der Waals surface area contributed by atoms with Crippen molar-refractivity contribution >= 4 is 27.7 Å². The molecule has 0 radical (unpaired) electrons. The predicted molar refractivity (Wildman–Crippen MR) is 98.2 cm³/mol. The van der Waals surface area contributed by atoms with Crippen molar-refractivity contribution in [3.8, 4) is 5.75 Å². The summed E-state index contributed by atoms with van der Waals surface area (Å²) in [5.74, 6) is -0.268. The van der Waals surface area contributed by atoms with Gasteiger partial charge in [-0.15, -0.1) is 4.83 Å². The molecule has 0 aliphatic rings. The Morgan fingerprint density at radius 2 is 1.85 bits per heavy atom. The van der Waals surface area contributed by atoms with E-state index in [0.29, 0.717) is 12.4 Å². The van der Waals surface area contributed by atoms with Crippen LogP contribution in [0, 0.1) is 10.1 Å². The third-order valence-electron chi connectivity index (χ3n) is 3.30. The molecule has 0 spiro atoms. The molecule has 10 heteroatoms. The van der Waals surface area contributed by atoms with Gasteiger partial charge in [-0.3, -0.25) is 20.3 Å². The lowest BCUT2D eigenvalue weighted by atomic mass is 10.1. The number of para-hydroxylation sites is 1. The summed E-state index contributed by atoms with van der Waals surface area (Å²) in [5.41, 5.74) is 2.06. The molecule has 9 nitrogen and oxygen atoms in total. The molecule has 142 valence electrons. The van der Waals surface area contributed by atoms with Crippen molar-refractivity contribution in [1.82, 2.24) is 10.3 Å². The largest absolute Gasteiger partial charge is 0.494 e. The van der Waals surface area contributed by atoms with Crippen LogP contribution in [0.2, 0.25) is 0 Å². The highest BCUT2D eigenvalue weighted by molar-refractivity contribution is 7.89. The molecule has 0 aliphatic heterocycles. The summed E-state index contributed by atoms with van der Waals surface area (Å²) >= 11 is 0. The van der Waals surface area contributed by atoms with E-state index in [-0.39, 0.29) is 16.1 Å². The van der Waals surface area contributed by atoms with Crippen LogP contribution in [0.3, 0.4) is 0 Å². The third-order valence-corrected chi connectivity index (χ3v) is 4.56. The van der Waals surface area contributed by atoms with Gasteiger partial charge in [-0.05, 0) is 43.3 Å². The van der Waals surface area contributed by atoms with E-state index in [9.17, 15) is 23.3 Å². The van der Waals surface area contributed by atoms with Crippen molar-refractivity contribution in [1.29, 1.82) is 0 Å². The average Bonchev–Trinajstić information content (AvgIpc) is 2.65. The van der Waals surface area contributed by atoms with E-state index in [4.69, 9.17) is 4.74 Å². The SMILES string of the molecule is CCOc1ccc(S(=O)(=O)NNC(=O)/C=C/c2ccccc2[N+](=O)[O-])cc1. The van der Waals surface area contributed by atoms with Crippen LogP contribution in [0.25, 0.3) is 6.08 Å². The molecule has 0 aromatic heterocycles. The minimum Gasteiger partial charge on any atom is -0.494 e. The Kier molecular flexibility index (Phi) is 6.63. The zero-order chi connectivity index (χ0) is 19.9. The minimum atomic E-state index is -3.97. The standard InChI is InChI=1S/C17H17N3O6S/c1-2-26-14-8-10-15(11-9-14)27(24,25)19-18-17(21)12-7-13-5-3-4-6-16(13)20(22)23/h3-12,19H,2H2,1H3,(H,18,21)/b12-7+. The van der Waals surface area contributed by atoms with Crippen LogP contribution in [0.15, 0.2) is 59.5 Å². The fraction of sp³-hybridized carbons (Fsp3) is 0.118. The maximum absolute atomic E-state index is 12.1. The number of benzene rings is 2. The van der Waals surface area contributed by atoms with Crippen molar-refractivity contribution in [2.75, 3.05) is 6.61 Å². The average molecular weight is 391 g/mol. The summed E-state index contributed by atoms with van der Waals surface area (Å²) in [6, 6.07) is 11.5. The van der Waals surface area contributed by atoms with Gasteiger partial charge in [-0.25, -0.2) is 8.42 Å². The first-order chi connectivity index (χ1) is 12.8. The molecule has 0 fully saturated rings. The summed E-state index contributed by atoms with van der Waals surface area (Å²) in [7, 11) is -3.97. The van der Waals surface area contributed by atoms with Crippen LogP contribution in [0.1, 0.15) is 12.5 Å². The summed E-state index contributed by atoms with van der Waals surface area (Å²) in [6.45, 7) is 2.26. The maximum Gasteiger partial charge on any atom is 0.276 e. The van der Waals surface area contributed by atoms with Crippen molar-refractivity contribution in [3.63, 3.8) is 0 Å². The first-order valence-electron chi connectivity index (χ1n) is 7.79. The Labute approximate surface area is 155 Å². The number of rotatable bonds is 8. The summed E-state index contributed by atoms with van der Waals surface area (Å²) in [4.78, 5) is 24.0. The third kappa shape index (κ3) is 5.62. The number of nitrogens with zero attached hydrogens (tertiary/aromatic N) is 1. The Hall–Kier alpha value is -3.24. The molecule has 0 aliphatic carbocycles. The highest BCUT2D eigenvalue weighted by Gasteiger charge is 2.15. The smallest absolute Gasteiger partial charge is 0.276 e. The van der Waals surface area contributed by atoms with E-state index < -0.39 is 20.9 Å². The number of nitro groups is 1. The quantitative estimate of drug-likeness (QED) is 0.402. The Morgan fingerprint density at radius 3 is 2.48 bits per heavy atom. The van der Waals surface area contributed by atoms with Crippen LogP contribution >= 0.6 is 0 Å². The summed E-state index contributed by atoms with van der Waals surface area (Å²) < 4.78 is 29.5. The van der Waals surface area contributed by atoms with Crippen molar-refractivity contribution in [2.45, 2.75) is 11.8 Å². The van der Waals surface area contributed by atoms with Crippen LogP contribution in [0.5, 0.6) is 5.75 Å². The van der Waals surface area contributed by atoms with Gasteiger partial charge in [-0.2, -0.15) is 0 Å². The van der Waals surface area contributed by atoms with Gasteiger partial charge in [-0.1, -0.05) is 12.1 Å². The molecule has 0 bridgehead atoms. The number of nitrogens with one attached hydrogen (secondary N) is 2. The molecule has 2 aromatic carbocycles. The second-order valence-electron chi connectivity index (χ2n) is 5.15. The van der Waals surface area contributed by atoms with Gasteiger partial charge in [0.15, 0.2) is 0 Å². The van der Waals surface area contributed by atoms with Gasteiger partial charge in [0.05, 0.1) is 22.0 Å². The lowest BCUT2D eigenvalue weighted by Crippen LogP contribution is -2.40. The van der Waals surface area contributed by atoms with E-state index in [1.165, 1.54) is 48.5 Å². The van der Waals surface area contributed by atoms with Crippen molar-refractivity contribution in [2.24, 2.45) is 0 Å². The Balaban J connectivity index is 2.01. The van der Waals surface area contributed by atoms with Gasteiger partial charge in [0.1, 0.15) is 5.75 Å². The molecule has 2 rings (SSSR count). The lowest BCUT2D eigenvalue weighted by Gasteiger charge is -2.08. The van der Waals surface area contributed by atoms with Crippen LogP contribution in [-0.2, 0) is 14.8 Å². The number of ether oxygens (including phenoxy) is 1. The molecule has 0 unspecified atom stereocenters. The Morgan fingerprint density at radius 1 is 1.19 bits per heavy atom. The van der Waals surface area contributed by atoms with Gasteiger partial charge in [0.25, 0.3) is 21.6 Å². The molecule has 0 heterocycles. The Bertz CT molecular complexity index is 955. The lowest BCUT2D eigenvalue weighted by molar-refractivity contribution is -0.385. The molecule has 0 atom stereocenters. The topological polar surface area (TPSA) is 128 Å². The highest BCUT2D eigenvalue weighted by Crippen LogP contribution is 2.19. The van der Waals surface area contributed by atoms with E-state index >= 15 is 0 Å². The number of hydrazine groups is 1. The molecule has 27 heavy (non-hydrogen) atoms. The number of sulfonamides is 1. The fourth-order valence-electron chi connectivity index (χ4n) is 2.06. The predicted octanol–water partition coefficient (Wildman–Crippen LogP) is 2.02.